The normalized spacial score (nSPS) is 11.9. The first kappa shape index (κ1) is 25.7. The van der Waals surface area contributed by atoms with E-state index in [4.69, 9.17) is 9.84 Å². The molecule has 1 unspecified atom stereocenters. The molecule has 0 aromatic carbocycles. The molecule has 4 nitrogen and oxygen atoms in total. The molecule has 0 heterocycles. The van der Waals surface area contributed by atoms with Gasteiger partial charge in [0.15, 0.2) is 0 Å². The number of esters is 1. The zero-order valence-corrected chi connectivity index (χ0v) is 17.6. The van der Waals surface area contributed by atoms with Gasteiger partial charge in [-0.05, 0) is 32.1 Å². The number of unbranched alkanes of at least 4 members (excludes halogenated alkanes) is 12. The fourth-order valence-corrected chi connectivity index (χ4v) is 3.24. The molecule has 0 saturated carbocycles. The molecule has 1 atom stereocenters. The molecular weight excluding hydrogens is 340 g/mol. The van der Waals surface area contributed by atoms with Crippen molar-refractivity contribution in [3.05, 3.63) is 12.7 Å². The van der Waals surface area contributed by atoms with Gasteiger partial charge in [0.25, 0.3) is 0 Å². The van der Waals surface area contributed by atoms with E-state index in [0.29, 0.717) is 12.8 Å². The van der Waals surface area contributed by atoms with E-state index in [-0.39, 0.29) is 12.4 Å². The molecule has 0 aromatic heterocycles. The van der Waals surface area contributed by atoms with Gasteiger partial charge in [0, 0.05) is 6.42 Å². The van der Waals surface area contributed by atoms with Crippen molar-refractivity contribution >= 4 is 11.9 Å². The number of hydrogen-bond acceptors (Lipinski definition) is 3. The molecule has 27 heavy (non-hydrogen) atoms. The topological polar surface area (TPSA) is 63.6 Å². The van der Waals surface area contributed by atoms with Gasteiger partial charge in [0.1, 0.15) is 6.10 Å². The maximum Gasteiger partial charge on any atom is 0.307 e. The second kappa shape index (κ2) is 19.4. The Balaban J connectivity index is 3.73. The molecule has 0 aliphatic carbocycles. The average Bonchev–Trinajstić information content (AvgIpc) is 2.62. The van der Waals surface area contributed by atoms with E-state index >= 15 is 0 Å². The summed E-state index contributed by atoms with van der Waals surface area (Å²) >= 11 is 0. The lowest BCUT2D eigenvalue weighted by Crippen LogP contribution is -2.21. The van der Waals surface area contributed by atoms with Crippen LogP contribution < -0.4 is 0 Å². The molecule has 0 radical (unpaired) electrons. The third-order valence-corrected chi connectivity index (χ3v) is 4.87. The first-order valence-corrected chi connectivity index (χ1v) is 11.1. The minimum atomic E-state index is -0.894. The van der Waals surface area contributed by atoms with E-state index in [1.165, 1.54) is 51.4 Å². The van der Waals surface area contributed by atoms with Crippen molar-refractivity contribution < 1.29 is 19.4 Å². The lowest BCUT2D eigenvalue weighted by molar-refractivity contribution is -0.153. The van der Waals surface area contributed by atoms with Crippen molar-refractivity contribution in [2.75, 3.05) is 0 Å². The summed E-state index contributed by atoms with van der Waals surface area (Å²) < 4.78 is 5.42. The van der Waals surface area contributed by atoms with Crippen molar-refractivity contribution in [1.29, 1.82) is 0 Å². The molecule has 0 saturated heterocycles. The highest BCUT2D eigenvalue weighted by Crippen LogP contribution is 2.15. The van der Waals surface area contributed by atoms with Crippen molar-refractivity contribution in [2.45, 2.75) is 122 Å². The average molecular weight is 383 g/mol. The van der Waals surface area contributed by atoms with Crippen molar-refractivity contribution in [3.63, 3.8) is 0 Å². The van der Waals surface area contributed by atoms with Gasteiger partial charge in [-0.2, -0.15) is 0 Å². The van der Waals surface area contributed by atoms with E-state index in [9.17, 15) is 9.59 Å². The fourth-order valence-electron chi connectivity index (χ4n) is 3.24. The Bertz CT molecular complexity index is 379. The van der Waals surface area contributed by atoms with Crippen LogP contribution in [0, 0.1) is 0 Å². The van der Waals surface area contributed by atoms with Gasteiger partial charge < -0.3 is 9.84 Å². The maximum atomic E-state index is 12.0. The number of hydrogen-bond donors (Lipinski definition) is 1. The number of carbonyl (C=O) groups is 2. The summed E-state index contributed by atoms with van der Waals surface area (Å²) in [6.45, 7) is 5.90. The molecule has 1 N–H and O–H groups in total. The molecule has 0 spiro atoms. The molecule has 0 aromatic rings. The number of rotatable bonds is 20. The first-order valence-electron chi connectivity index (χ1n) is 11.1. The Hall–Kier alpha value is -1.32. The number of carboxylic acids is 1. The molecule has 0 aliphatic rings. The first-order chi connectivity index (χ1) is 13.1. The Morgan fingerprint density at radius 1 is 0.889 bits per heavy atom. The minimum absolute atomic E-state index is 0.0780. The Kier molecular flexibility index (Phi) is 18.5. The van der Waals surface area contributed by atoms with Gasteiger partial charge in [0.2, 0.25) is 0 Å². The molecule has 0 amide bonds. The van der Waals surface area contributed by atoms with Gasteiger partial charge in [-0.25, -0.2) is 0 Å². The number of carboxylic acid groups (broad SMARTS) is 1. The van der Waals surface area contributed by atoms with E-state index in [0.717, 1.165) is 38.5 Å². The second-order valence-corrected chi connectivity index (χ2v) is 7.57. The number of ether oxygens (including phenoxy) is 1. The molecular formula is C23H42O4. The fraction of sp³-hybridized carbons (Fsp3) is 0.826. The number of carbonyl (C=O) groups excluding carboxylic acids is 1. The molecule has 0 rings (SSSR count). The van der Waals surface area contributed by atoms with Crippen LogP contribution in [0.5, 0.6) is 0 Å². The molecule has 158 valence electrons. The van der Waals surface area contributed by atoms with Crippen LogP contribution in [0.25, 0.3) is 0 Å². The predicted octanol–water partition coefficient (Wildman–Crippen LogP) is 6.82. The van der Waals surface area contributed by atoms with E-state index < -0.39 is 12.1 Å². The summed E-state index contributed by atoms with van der Waals surface area (Å²) in [6, 6.07) is 0. The van der Waals surface area contributed by atoms with Gasteiger partial charge in [-0.3, -0.25) is 9.59 Å². The summed E-state index contributed by atoms with van der Waals surface area (Å²) in [7, 11) is 0. The lowest BCUT2D eigenvalue weighted by Gasteiger charge is -2.16. The van der Waals surface area contributed by atoms with Crippen molar-refractivity contribution in [2.24, 2.45) is 0 Å². The predicted molar refractivity (Wildman–Crippen MR) is 112 cm³/mol. The summed E-state index contributed by atoms with van der Waals surface area (Å²) in [4.78, 5) is 23.0. The van der Waals surface area contributed by atoms with Crippen molar-refractivity contribution in [3.8, 4) is 0 Å². The molecule has 4 heteroatoms. The highest BCUT2D eigenvalue weighted by atomic mass is 16.5. The largest absolute Gasteiger partial charge is 0.481 e. The SMILES string of the molecule is C=CCCCCCCCCCCC(=O)OC(CCCCCCC)CC(=O)O. The smallest absolute Gasteiger partial charge is 0.307 e. The third kappa shape index (κ3) is 19.3. The van der Waals surface area contributed by atoms with Gasteiger partial charge >= 0.3 is 11.9 Å². The zero-order valence-electron chi connectivity index (χ0n) is 17.6. The second-order valence-electron chi connectivity index (χ2n) is 7.57. The standard InChI is InChI=1S/C23H42O4/c1-3-5-7-9-10-11-12-13-15-17-19-23(26)27-21(20-22(24)25)18-16-14-8-6-4-2/h3,21H,1,4-20H2,2H3,(H,24,25). The van der Waals surface area contributed by atoms with Crippen LogP contribution in [0.3, 0.4) is 0 Å². The highest BCUT2D eigenvalue weighted by molar-refractivity contribution is 5.71. The lowest BCUT2D eigenvalue weighted by atomic mass is 10.1. The van der Waals surface area contributed by atoms with Gasteiger partial charge in [-0.1, -0.05) is 77.2 Å². The zero-order chi connectivity index (χ0) is 20.2. The summed E-state index contributed by atoms with van der Waals surface area (Å²) in [5.74, 6) is -1.13. The van der Waals surface area contributed by atoms with Crippen molar-refractivity contribution in [1.82, 2.24) is 0 Å². The van der Waals surface area contributed by atoms with Crippen LogP contribution in [-0.2, 0) is 14.3 Å². The van der Waals surface area contributed by atoms with Crippen LogP contribution in [0.1, 0.15) is 116 Å². The van der Waals surface area contributed by atoms with Crippen LogP contribution >= 0.6 is 0 Å². The summed E-state index contributed by atoms with van der Waals surface area (Å²) in [5.41, 5.74) is 0. The minimum Gasteiger partial charge on any atom is -0.481 e. The van der Waals surface area contributed by atoms with Gasteiger partial charge in [-0.15, -0.1) is 6.58 Å². The van der Waals surface area contributed by atoms with E-state index in [1.54, 1.807) is 0 Å². The Morgan fingerprint density at radius 2 is 1.44 bits per heavy atom. The Labute approximate surface area is 166 Å². The highest BCUT2D eigenvalue weighted by Gasteiger charge is 2.17. The van der Waals surface area contributed by atoms with Crippen LogP contribution in [-0.4, -0.2) is 23.1 Å². The maximum absolute atomic E-state index is 12.0. The summed E-state index contributed by atoms with van der Waals surface area (Å²) in [5, 5.41) is 9.01. The van der Waals surface area contributed by atoms with Crippen LogP contribution in [0.4, 0.5) is 0 Å². The number of aliphatic carboxylic acids is 1. The molecule has 0 bridgehead atoms. The summed E-state index contributed by atoms with van der Waals surface area (Å²) in [6.07, 6.45) is 18.5. The Morgan fingerprint density at radius 3 is 2.04 bits per heavy atom. The number of allylic oxidation sites excluding steroid dienone is 1. The van der Waals surface area contributed by atoms with E-state index in [2.05, 4.69) is 13.5 Å². The monoisotopic (exact) mass is 382 g/mol. The van der Waals surface area contributed by atoms with E-state index in [1.807, 2.05) is 6.08 Å². The van der Waals surface area contributed by atoms with Crippen LogP contribution in [0.15, 0.2) is 12.7 Å². The van der Waals surface area contributed by atoms with Gasteiger partial charge in [0.05, 0.1) is 6.42 Å². The third-order valence-electron chi connectivity index (χ3n) is 4.87. The van der Waals surface area contributed by atoms with Crippen LogP contribution in [0.2, 0.25) is 0 Å². The molecule has 0 fully saturated rings. The molecule has 0 aliphatic heterocycles. The quantitative estimate of drug-likeness (QED) is 0.142.